The van der Waals surface area contributed by atoms with Crippen molar-refractivity contribution in [3.63, 3.8) is 0 Å². The number of para-hydroxylation sites is 1. The maximum absolute atomic E-state index is 11.6. The second-order valence-corrected chi connectivity index (χ2v) is 5.47. The van der Waals surface area contributed by atoms with E-state index in [-0.39, 0.29) is 12.5 Å². The van der Waals surface area contributed by atoms with Crippen molar-refractivity contribution in [3.05, 3.63) is 29.8 Å². The van der Waals surface area contributed by atoms with Crippen LogP contribution in [0.2, 0.25) is 0 Å². The first kappa shape index (κ1) is 16.1. The van der Waals surface area contributed by atoms with Gasteiger partial charge in [0.05, 0.1) is 6.61 Å². The average molecular weight is 306 g/mol. The van der Waals surface area contributed by atoms with E-state index < -0.39 is 5.97 Å². The molecule has 1 saturated carbocycles. The Morgan fingerprint density at radius 2 is 2.00 bits per heavy atom. The third-order valence-electron chi connectivity index (χ3n) is 3.44. The first-order valence-corrected chi connectivity index (χ1v) is 7.59. The Morgan fingerprint density at radius 3 is 2.73 bits per heavy atom. The van der Waals surface area contributed by atoms with Crippen molar-refractivity contribution in [3.8, 4) is 5.75 Å². The van der Waals surface area contributed by atoms with Crippen LogP contribution in [0.1, 0.15) is 31.2 Å². The fraction of sp³-hybridized carbons (Fsp3) is 0.500. The van der Waals surface area contributed by atoms with Gasteiger partial charge in [0.15, 0.2) is 0 Å². The largest absolute Gasteiger partial charge is 0.493 e. The SMILES string of the molecule is O=C(O)CCCNC(=O)NCc1ccccc1OCC1CC1. The summed E-state index contributed by atoms with van der Waals surface area (Å²) in [5.74, 6) is 0.628. The van der Waals surface area contributed by atoms with Gasteiger partial charge in [-0.15, -0.1) is 0 Å². The van der Waals surface area contributed by atoms with Gasteiger partial charge in [0.2, 0.25) is 0 Å². The molecule has 0 heterocycles. The molecular weight excluding hydrogens is 284 g/mol. The van der Waals surface area contributed by atoms with Crippen LogP contribution in [0.5, 0.6) is 5.75 Å². The Morgan fingerprint density at radius 1 is 1.23 bits per heavy atom. The minimum Gasteiger partial charge on any atom is -0.493 e. The average Bonchev–Trinajstić information content (AvgIpc) is 3.32. The van der Waals surface area contributed by atoms with Gasteiger partial charge in [-0.05, 0) is 31.2 Å². The molecule has 1 aliphatic rings. The molecule has 120 valence electrons. The normalized spacial score (nSPS) is 13.5. The third-order valence-corrected chi connectivity index (χ3v) is 3.44. The number of rotatable bonds is 9. The van der Waals surface area contributed by atoms with E-state index in [9.17, 15) is 9.59 Å². The summed E-state index contributed by atoms with van der Waals surface area (Å²) in [6, 6.07) is 7.35. The van der Waals surface area contributed by atoms with Crippen LogP contribution < -0.4 is 15.4 Å². The lowest BCUT2D eigenvalue weighted by molar-refractivity contribution is -0.137. The third kappa shape index (κ3) is 6.03. The topological polar surface area (TPSA) is 87.7 Å². The van der Waals surface area contributed by atoms with E-state index in [4.69, 9.17) is 9.84 Å². The fourth-order valence-corrected chi connectivity index (χ4v) is 1.96. The second-order valence-electron chi connectivity index (χ2n) is 5.47. The quantitative estimate of drug-likeness (QED) is 0.610. The van der Waals surface area contributed by atoms with Gasteiger partial charge < -0.3 is 20.5 Å². The molecule has 0 unspecified atom stereocenters. The van der Waals surface area contributed by atoms with Gasteiger partial charge >= 0.3 is 12.0 Å². The summed E-state index contributed by atoms with van der Waals surface area (Å²) in [5, 5.41) is 13.9. The van der Waals surface area contributed by atoms with Crippen molar-refractivity contribution in [1.29, 1.82) is 0 Å². The second kappa shape index (κ2) is 8.26. The van der Waals surface area contributed by atoms with Crippen molar-refractivity contribution in [2.45, 2.75) is 32.2 Å². The first-order valence-electron chi connectivity index (χ1n) is 7.59. The highest BCUT2D eigenvalue weighted by Crippen LogP contribution is 2.30. The van der Waals surface area contributed by atoms with E-state index >= 15 is 0 Å². The molecule has 1 aliphatic carbocycles. The van der Waals surface area contributed by atoms with Crippen LogP contribution in [0.4, 0.5) is 4.79 Å². The van der Waals surface area contributed by atoms with Gasteiger partial charge in [-0.1, -0.05) is 18.2 Å². The Hall–Kier alpha value is -2.24. The van der Waals surface area contributed by atoms with Crippen LogP contribution in [-0.4, -0.2) is 30.3 Å². The number of aliphatic carboxylic acids is 1. The van der Waals surface area contributed by atoms with Crippen molar-refractivity contribution in [1.82, 2.24) is 10.6 Å². The molecule has 0 saturated heterocycles. The molecule has 0 spiro atoms. The highest BCUT2D eigenvalue weighted by Gasteiger charge is 2.22. The predicted molar refractivity (Wildman–Crippen MR) is 81.8 cm³/mol. The number of nitrogens with one attached hydrogen (secondary N) is 2. The summed E-state index contributed by atoms with van der Waals surface area (Å²) in [5.41, 5.74) is 0.934. The maximum Gasteiger partial charge on any atom is 0.315 e. The summed E-state index contributed by atoms with van der Waals surface area (Å²) < 4.78 is 5.78. The van der Waals surface area contributed by atoms with Crippen LogP contribution in [0.25, 0.3) is 0 Å². The highest BCUT2D eigenvalue weighted by molar-refractivity contribution is 5.74. The van der Waals surface area contributed by atoms with E-state index in [2.05, 4.69) is 10.6 Å². The van der Waals surface area contributed by atoms with E-state index in [1.807, 2.05) is 24.3 Å². The van der Waals surface area contributed by atoms with Gasteiger partial charge in [0.1, 0.15) is 5.75 Å². The Kier molecular flexibility index (Phi) is 6.06. The van der Waals surface area contributed by atoms with E-state index in [0.717, 1.165) is 17.9 Å². The van der Waals surface area contributed by atoms with E-state index in [1.54, 1.807) is 0 Å². The van der Waals surface area contributed by atoms with Gasteiger partial charge in [0, 0.05) is 25.1 Å². The standard InChI is InChI=1S/C16H22N2O4/c19-15(20)6-3-9-17-16(21)18-10-13-4-1-2-5-14(13)22-11-12-7-8-12/h1-2,4-5,12H,3,6-11H2,(H,19,20)(H2,17,18,21). The number of hydrogen-bond acceptors (Lipinski definition) is 3. The lowest BCUT2D eigenvalue weighted by Gasteiger charge is -2.12. The zero-order valence-corrected chi connectivity index (χ0v) is 12.5. The number of hydrogen-bond donors (Lipinski definition) is 3. The summed E-state index contributed by atoms with van der Waals surface area (Å²) in [4.78, 5) is 22.0. The van der Waals surface area contributed by atoms with Crippen molar-refractivity contribution < 1.29 is 19.4 Å². The van der Waals surface area contributed by atoms with Gasteiger partial charge in [-0.2, -0.15) is 0 Å². The number of carbonyl (C=O) groups is 2. The number of benzene rings is 1. The molecule has 2 amide bonds. The fourth-order valence-electron chi connectivity index (χ4n) is 1.96. The molecule has 1 fully saturated rings. The molecule has 1 aromatic rings. The van der Waals surface area contributed by atoms with Crippen molar-refractivity contribution in [2.75, 3.05) is 13.2 Å². The lowest BCUT2D eigenvalue weighted by atomic mass is 10.2. The van der Waals surface area contributed by atoms with Crippen LogP contribution in [-0.2, 0) is 11.3 Å². The van der Waals surface area contributed by atoms with Crippen molar-refractivity contribution >= 4 is 12.0 Å². The molecule has 6 nitrogen and oxygen atoms in total. The number of amides is 2. The molecule has 0 aromatic heterocycles. The summed E-state index contributed by atoms with van der Waals surface area (Å²) in [6.45, 7) is 1.46. The maximum atomic E-state index is 11.6. The predicted octanol–water partition coefficient (Wildman–Crippen LogP) is 2.14. The lowest BCUT2D eigenvalue weighted by Crippen LogP contribution is -2.35. The molecule has 1 aromatic carbocycles. The number of ether oxygens (including phenoxy) is 1. The number of carboxylic acids is 1. The monoisotopic (exact) mass is 306 g/mol. The molecule has 0 radical (unpaired) electrons. The Labute approximate surface area is 129 Å². The van der Waals surface area contributed by atoms with Crippen LogP contribution in [0.15, 0.2) is 24.3 Å². The zero-order chi connectivity index (χ0) is 15.8. The summed E-state index contributed by atoms with van der Waals surface area (Å²) >= 11 is 0. The van der Waals surface area contributed by atoms with Crippen LogP contribution in [0.3, 0.4) is 0 Å². The zero-order valence-electron chi connectivity index (χ0n) is 12.5. The molecular formula is C16H22N2O4. The van der Waals surface area contributed by atoms with E-state index in [1.165, 1.54) is 12.8 Å². The van der Waals surface area contributed by atoms with Gasteiger partial charge in [-0.25, -0.2) is 4.79 Å². The Bertz CT molecular complexity index is 515. The molecule has 6 heteroatoms. The summed E-state index contributed by atoms with van der Waals surface area (Å²) in [7, 11) is 0. The van der Waals surface area contributed by atoms with Crippen LogP contribution in [0, 0.1) is 5.92 Å². The molecule has 3 N–H and O–H groups in total. The summed E-state index contributed by atoms with van der Waals surface area (Å²) in [6.07, 6.45) is 2.94. The molecule has 2 rings (SSSR count). The van der Waals surface area contributed by atoms with Crippen LogP contribution >= 0.6 is 0 Å². The number of carboxylic acid groups (broad SMARTS) is 1. The highest BCUT2D eigenvalue weighted by atomic mass is 16.5. The van der Waals surface area contributed by atoms with Crippen molar-refractivity contribution in [2.24, 2.45) is 5.92 Å². The smallest absolute Gasteiger partial charge is 0.315 e. The number of carbonyl (C=O) groups excluding carboxylic acids is 1. The minimum absolute atomic E-state index is 0.0537. The molecule has 0 aliphatic heterocycles. The molecule has 0 bridgehead atoms. The molecule has 0 atom stereocenters. The molecule has 22 heavy (non-hydrogen) atoms. The van der Waals surface area contributed by atoms with Gasteiger partial charge in [0.25, 0.3) is 0 Å². The number of urea groups is 1. The van der Waals surface area contributed by atoms with E-state index in [0.29, 0.717) is 25.4 Å². The minimum atomic E-state index is -0.857. The first-order chi connectivity index (χ1) is 10.6. The Balaban J connectivity index is 1.70. The van der Waals surface area contributed by atoms with Gasteiger partial charge in [-0.3, -0.25) is 4.79 Å².